The second-order valence-corrected chi connectivity index (χ2v) is 4.73. The lowest BCUT2D eigenvalue weighted by Crippen LogP contribution is -2.24. The smallest absolute Gasteiger partial charge is 0.147 e. The number of ether oxygens (including phenoxy) is 1. The Hall–Kier alpha value is -1.69. The highest BCUT2D eigenvalue weighted by molar-refractivity contribution is 5.85. The van der Waals surface area contributed by atoms with Gasteiger partial charge in [-0.05, 0) is 6.07 Å². The van der Waals surface area contributed by atoms with Crippen molar-refractivity contribution in [2.75, 3.05) is 6.61 Å². The van der Waals surface area contributed by atoms with Crippen LogP contribution in [0.5, 0.6) is 5.75 Å². The first-order chi connectivity index (χ1) is 9.20. The van der Waals surface area contributed by atoms with Crippen LogP contribution in [-0.4, -0.2) is 39.1 Å². The third kappa shape index (κ3) is 2.06. The number of aromatic hydroxyl groups is 1. The average Bonchev–Trinajstić information content (AvgIpc) is 2.80. The molecule has 0 aliphatic carbocycles. The first-order valence-corrected chi connectivity index (χ1v) is 6.21. The highest BCUT2D eigenvalue weighted by Crippen LogP contribution is 2.39. The number of aromatic nitrogens is 1. The van der Waals surface area contributed by atoms with Crippen molar-refractivity contribution in [3.05, 3.63) is 36.0 Å². The van der Waals surface area contributed by atoms with Crippen molar-refractivity contribution >= 4 is 10.9 Å². The molecule has 5 heteroatoms. The maximum absolute atomic E-state index is 10.3. The summed E-state index contributed by atoms with van der Waals surface area (Å²) in [6.45, 7) is -0.232. The van der Waals surface area contributed by atoms with E-state index in [1.807, 2.05) is 12.1 Å². The van der Waals surface area contributed by atoms with Gasteiger partial charge in [-0.3, -0.25) is 4.98 Å². The van der Waals surface area contributed by atoms with Gasteiger partial charge in [0.25, 0.3) is 0 Å². The van der Waals surface area contributed by atoms with Gasteiger partial charge in [-0.1, -0.05) is 18.2 Å². The molecule has 3 atom stereocenters. The molecular weight excluding hydrogens is 246 g/mol. The number of hydrogen-bond acceptors (Lipinski definition) is 5. The van der Waals surface area contributed by atoms with E-state index in [9.17, 15) is 10.2 Å². The molecule has 0 unspecified atom stereocenters. The monoisotopic (exact) mass is 261 g/mol. The van der Waals surface area contributed by atoms with E-state index in [-0.39, 0.29) is 12.4 Å². The van der Waals surface area contributed by atoms with Crippen LogP contribution in [0.1, 0.15) is 18.1 Å². The standard InChI is InChI=1S/C14H15NO4/c16-7-12-10(17)6-11(19-12)9-4-3-8-2-1-5-15-13(8)14(9)18/h1-5,10-12,16-18H,6-7H2/t10-,11+,12+/m0/s1. The number of nitrogens with zero attached hydrogens (tertiary/aromatic N) is 1. The van der Waals surface area contributed by atoms with Gasteiger partial charge >= 0.3 is 0 Å². The summed E-state index contributed by atoms with van der Waals surface area (Å²) in [4.78, 5) is 4.15. The van der Waals surface area contributed by atoms with E-state index in [0.29, 0.717) is 17.5 Å². The van der Waals surface area contributed by atoms with Crippen molar-refractivity contribution in [2.24, 2.45) is 0 Å². The van der Waals surface area contributed by atoms with Gasteiger partial charge in [-0.2, -0.15) is 0 Å². The fourth-order valence-corrected chi connectivity index (χ4v) is 2.50. The molecule has 1 aromatic heterocycles. The van der Waals surface area contributed by atoms with E-state index < -0.39 is 18.3 Å². The molecule has 1 aliphatic heterocycles. The number of pyridine rings is 1. The molecule has 0 radical (unpaired) electrons. The summed E-state index contributed by atoms with van der Waals surface area (Å²) in [5.74, 6) is 0.0777. The Morgan fingerprint density at radius 3 is 2.89 bits per heavy atom. The van der Waals surface area contributed by atoms with Crippen LogP contribution in [0.3, 0.4) is 0 Å². The molecule has 2 heterocycles. The molecule has 2 aromatic rings. The molecule has 1 fully saturated rings. The van der Waals surface area contributed by atoms with Crippen LogP contribution >= 0.6 is 0 Å². The maximum Gasteiger partial charge on any atom is 0.147 e. The van der Waals surface area contributed by atoms with Crippen molar-refractivity contribution in [3.8, 4) is 5.75 Å². The lowest BCUT2D eigenvalue weighted by atomic mass is 10.0. The van der Waals surface area contributed by atoms with Gasteiger partial charge in [0.2, 0.25) is 0 Å². The SMILES string of the molecule is OC[C@H]1O[C@@H](c2ccc3cccnc3c2O)C[C@@H]1O. The number of rotatable bonds is 2. The number of hydrogen-bond donors (Lipinski definition) is 3. The summed E-state index contributed by atoms with van der Waals surface area (Å²) in [5, 5.41) is 29.9. The van der Waals surface area contributed by atoms with E-state index in [4.69, 9.17) is 9.84 Å². The fourth-order valence-electron chi connectivity index (χ4n) is 2.50. The lowest BCUT2D eigenvalue weighted by molar-refractivity contribution is -0.0229. The third-order valence-electron chi connectivity index (χ3n) is 3.53. The zero-order valence-electron chi connectivity index (χ0n) is 10.2. The number of benzene rings is 1. The Labute approximate surface area is 110 Å². The summed E-state index contributed by atoms with van der Waals surface area (Å²) in [6, 6.07) is 7.31. The molecular formula is C14H15NO4. The van der Waals surface area contributed by atoms with Gasteiger partial charge < -0.3 is 20.1 Å². The Morgan fingerprint density at radius 2 is 2.16 bits per heavy atom. The summed E-state index contributed by atoms with van der Waals surface area (Å²) >= 11 is 0. The van der Waals surface area contributed by atoms with Crippen LogP contribution in [0.25, 0.3) is 10.9 Å². The minimum atomic E-state index is -0.714. The summed E-state index contributed by atoms with van der Waals surface area (Å²) < 4.78 is 5.55. The summed E-state index contributed by atoms with van der Waals surface area (Å²) in [5.41, 5.74) is 1.12. The number of aliphatic hydroxyl groups is 2. The maximum atomic E-state index is 10.3. The average molecular weight is 261 g/mol. The van der Waals surface area contributed by atoms with E-state index >= 15 is 0 Å². The van der Waals surface area contributed by atoms with Crippen molar-refractivity contribution in [3.63, 3.8) is 0 Å². The van der Waals surface area contributed by atoms with Crippen LogP contribution < -0.4 is 0 Å². The Bertz CT molecular complexity index is 601. The van der Waals surface area contributed by atoms with E-state index in [1.54, 1.807) is 18.3 Å². The molecule has 0 saturated carbocycles. The number of aliphatic hydroxyl groups excluding tert-OH is 2. The van der Waals surface area contributed by atoms with E-state index in [0.717, 1.165) is 5.39 Å². The lowest BCUT2D eigenvalue weighted by Gasteiger charge is -2.14. The van der Waals surface area contributed by atoms with Crippen molar-refractivity contribution in [1.82, 2.24) is 4.98 Å². The molecule has 1 aliphatic rings. The highest BCUT2D eigenvalue weighted by Gasteiger charge is 2.35. The number of fused-ring (bicyclic) bond motifs is 1. The normalized spacial score (nSPS) is 26.9. The van der Waals surface area contributed by atoms with Crippen molar-refractivity contribution in [1.29, 1.82) is 0 Å². The molecule has 5 nitrogen and oxygen atoms in total. The molecule has 0 bridgehead atoms. The van der Waals surface area contributed by atoms with Gasteiger partial charge in [0.15, 0.2) is 0 Å². The van der Waals surface area contributed by atoms with Gasteiger partial charge in [0.1, 0.15) is 17.4 Å². The molecule has 100 valence electrons. The topological polar surface area (TPSA) is 82.8 Å². The second-order valence-electron chi connectivity index (χ2n) is 4.73. The fraction of sp³-hybridized carbons (Fsp3) is 0.357. The number of phenolic OH excluding ortho intramolecular Hbond substituents is 1. The van der Waals surface area contributed by atoms with Crippen LogP contribution in [-0.2, 0) is 4.74 Å². The van der Waals surface area contributed by atoms with E-state index in [2.05, 4.69) is 4.98 Å². The van der Waals surface area contributed by atoms with Crippen LogP contribution in [0.2, 0.25) is 0 Å². The Morgan fingerprint density at radius 1 is 1.32 bits per heavy atom. The predicted octanol–water partition coefficient (Wildman–Crippen LogP) is 1.12. The van der Waals surface area contributed by atoms with Crippen molar-refractivity contribution in [2.45, 2.75) is 24.7 Å². The van der Waals surface area contributed by atoms with Gasteiger partial charge in [-0.25, -0.2) is 0 Å². The summed E-state index contributed by atoms with van der Waals surface area (Å²) in [7, 11) is 0. The molecule has 0 amide bonds. The first-order valence-electron chi connectivity index (χ1n) is 6.21. The van der Waals surface area contributed by atoms with Gasteiger partial charge in [0, 0.05) is 23.6 Å². The minimum Gasteiger partial charge on any atom is -0.505 e. The largest absolute Gasteiger partial charge is 0.505 e. The highest BCUT2D eigenvalue weighted by atomic mass is 16.5. The molecule has 3 N–H and O–H groups in total. The first kappa shape index (κ1) is 12.3. The van der Waals surface area contributed by atoms with E-state index in [1.165, 1.54) is 0 Å². The predicted molar refractivity (Wildman–Crippen MR) is 68.7 cm³/mol. The molecule has 19 heavy (non-hydrogen) atoms. The molecule has 1 aromatic carbocycles. The van der Waals surface area contributed by atoms with Crippen LogP contribution in [0.4, 0.5) is 0 Å². The number of phenols is 1. The molecule has 0 spiro atoms. The summed E-state index contributed by atoms with van der Waals surface area (Å²) in [6.07, 6.45) is 0.250. The zero-order chi connectivity index (χ0) is 13.4. The third-order valence-corrected chi connectivity index (χ3v) is 3.53. The Kier molecular flexibility index (Phi) is 3.10. The zero-order valence-corrected chi connectivity index (χ0v) is 10.2. The Balaban J connectivity index is 2.00. The van der Waals surface area contributed by atoms with Crippen molar-refractivity contribution < 1.29 is 20.1 Å². The van der Waals surface area contributed by atoms with Gasteiger partial charge in [-0.15, -0.1) is 0 Å². The van der Waals surface area contributed by atoms with Gasteiger partial charge in [0.05, 0.1) is 18.8 Å². The quantitative estimate of drug-likeness (QED) is 0.754. The molecule has 3 rings (SSSR count). The van der Waals surface area contributed by atoms with Crippen LogP contribution in [0, 0.1) is 0 Å². The minimum absolute atomic E-state index is 0.0777. The molecule has 1 saturated heterocycles. The second kappa shape index (κ2) is 4.77. The van der Waals surface area contributed by atoms with Crippen LogP contribution in [0.15, 0.2) is 30.5 Å².